The Balaban J connectivity index is 2.54. The van der Waals surface area contributed by atoms with Crippen LogP contribution < -0.4 is 0 Å². The van der Waals surface area contributed by atoms with Crippen LogP contribution in [-0.2, 0) is 0 Å². The van der Waals surface area contributed by atoms with Crippen molar-refractivity contribution >= 4 is 15.9 Å². The lowest BCUT2D eigenvalue weighted by molar-refractivity contribution is 1.27. The van der Waals surface area contributed by atoms with Gasteiger partial charge >= 0.3 is 0 Å². The molecule has 1 aromatic heterocycles. The molecule has 0 saturated carbocycles. The first-order valence-electron chi connectivity index (χ1n) is 4.44. The molecule has 0 N–H and O–H groups in total. The lowest BCUT2D eigenvalue weighted by atomic mass is 10.1. The fourth-order valence-electron chi connectivity index (χ4n) is 1.37. The number of pyridine rings is 1. The van der Waals surface area contributed by atoms with Gasteiger partial charge in [0.15, 0.2) is 0 Å². The fourth-order valence-corrected chi connectivity index (χ4v) is 1.88. The number of rotatable bonds is 1. The quantitative estimate of drug-likeness (QED) is 0.761. The van der Waals surface area contributed by atoms with Crippen molar-refractivity contribution in [3.05, 3.63) is 66.0 Å². The number of aromatic nitrogens is 1. The van der Waals surface area contributed by atoms with Crippen LogP contribution in [0.5, 0.6) is 0 Å². The summed E-state index contributed by atoms with van der Waals surface area (Å²) < 4.78 is 0.932. The molecule has 0 aliphatic heterocycles. The molecule has 2 aromatic rings. The molecule has 1 aromatic carbocycles. The molecule has 0 aliphatic carbocycles. The Bertz CT molecular complexity index is 471. The summed E-state index contributed by atoms with van der Waals surface area (Å²) in [7, 11) is 0. The van der Waals surface area contributed by atoms with E-state index in [0.717, 1.165) is 15.7 Å². The van der Waals surface area contributed by atoms with Crippen LogP contribution in [0, 0.1) is 13.8 Å². The molecular weight excluding hydrogens is 250 g/mol. The van der Waals surface area contributed by atoms with Gasteiger partial charge in [0, 0.05) is 22.7 Å². The first-order chi connectivity index (χ1) is 7.15. The van der Waals surface area contributed by atoms with E-state index in [-0.39, 0.29) is 0 Å². The summed E-state index contributed by atoms with van der Waals surface area (Å²) in [5.41, 5.74) is 2.98. The van der Waals surface area contributed by atoms with E-state index >= 15 is 0 Å². The van der Waals surface area contributed by atoms with Crippen LogP contribution in [0.4, 0.5) is 0 Å². The van der Waals surface area contributed by atoms with Crippen molar-refractivity contribution in [3.8, 4) is 11.3 Å². The van der Waals surface area contributed by atoms with Crippen LogP contribution in [-0.4, -0.2) is 4.98 Å². The topological polar surface area (TPSA) is 12.9 Å². The first-order valence-corrected chi connectivity index (χ1v) is 5.23. The molecule has 0 amide bonds. The molecule has 1 heterocycles. The van der Waals surface area contributed by atoms with Crippen molar-refractivity contribution in [1.29, 1.82) is 0 Å². The predicted octanol–water partition coefficient (Wildman–Crippen LogP) is 3.63. The van der Waals surface area contributed by atoms with E-state index in [4.69, 9.17) is 13.8 Å². The van der Waals surface area contributed by atoms with Crippen LogP contribution in [0.3, 0.4) is 0 Å². The maximum Gasteiger partial charge on any atom is 0.0705 e. The van der Waals surface area contributed by atoms with Crippen molar-refractivity contribution < 1.29 is 0 Å². The minimum absolute atomic E-state index is 0.506. The normalized spacial score (nSPS) is 10.3. The molecule has 0 spiro atoms. The molecule has 0 saturated heterocycles. The molecule has 2 rings (SSSR count). The molecule has 0 fully saturated rings. The van der Waals surface area contributed by atoms with E-state index < -0.39 is 0 Å². The third kappa shape index (κ3) is 2.45. The molecule has 1 nitrogen and oxygen atoms in total. The summed E-state index contributed by atoms with van der Waals surface area (Å²) in [6, 6.07) is 11.2. The smallest absolute Gasteiger partial charge is 0.0705 e. The highest BCUT2D eigenvalue weighted by Gasteiger charge is 2.01. The van der Waals surface area contributed by atoms with Gasteiger partial charge in [0.25, 0.3) is 0 Å². The summed E-state index contributed by atoms with van der Waals surface area (Å²) in [6.07, 6.45) is 0. The number of benzene rings is 1. The van der Waals surface area contributed by atoms with Gasteiger partial charge in [0.05, 0.1) is 5.69 Å². The molecule has 15 heavy (non-hydrogen) atoms. The zero-order valence-corrected chi connectivity index (χ0v) is 9.53. The molecule has 0 unspecified atom stereocenters. The van der Waals surface area contributed by atoms with Gasteiger partial charge in [-0.2, -0.15) is 0 Å². The highest BCUT2D eigenvalue weighted by molar-refractivity contribution is 9.10. The van der Waals surface area contributed by atoms with Gasteiger partial charge in [0.2, 0.25) is 0 Å². The van der Waals surface area contributed by atoms with Gasteiger partial charge in [-0.1, -0.05) is 22.0 Å². The zero-order chi connectivity index (χ0) is 10.8. The van der Waals surface area contributed by atoms with Crippen LogP contribution >= 0.6 is 15.9 Å². The second-order valence-corrected chi connectivity index (χ2v) is 4.14. The van der Waals surface area contributed by atoms with E-state index in [1.165, 1.54) is 0 Å². The summed E-state index contributed by atoms with van der Waals surface area (Å²) in [6.45, 7) is 11.4. The Morgan fingerprint density at radius 1 is 1.07 bits per heavy atom. The minimum Gasteiger partial charge on any atom is -0.252 e. The predicted molar refractivity (Wildman–Crippen MR) is 64.2 cm³/mol. The van der Waals surface area contributed by atoms with Crippen LogP contribution in [0.1, 0.15) is 11.3 Å². The molecule has 72 valence electrons. The third-order valence-electron chi connectivity index (χ3n) is 1.99. The standard InChI is InChI=1S/C13H8BrN/c1-9-6-11(8-12(14)7-9)13-5-3-4-10(2)15-13/h1-8H. The summed E-state index contributed by atoms with van der Waals surface area (Å²) in [5, 5.41) is 0. The van der Waals surface area contributed by atoms with Crippen molar-refractivity contribution in [3.63, 3.8) is 0 Å². The highest BCUT2D eigenvalue weighted by Crippen LogP contribution is 2.23. The number of hydrogen-bond donors (Lipinski definition) is 0. The SMILES string of the molecule is [CH]c1cc(Br)cc(-c2cccc([CH])n2)c1. The van der Waals surface area contributed by atoms with Gasteiger partial charge in [-0.05, 0) is 42.8 Å². The van der Waals surface area contributed by atoms with E-state index in [0.29, 0.717) is 11.3 Å². The van der Waals surface area contributed by atoms with Crippen molar-refractivity contribution in [2.75, 3.05) is 0 Å². The van der Waals surface area contributed by atoms with Gasteiger partial charge < -0.3 is 0 Å². The molecule has 0 bridgehead atoms. The maximum atomic E-state index is 5.75. The van der Waals surface area contributed by atoms with E-state index in [9.17, 15) is 0 Å². The molecule has 4 radical (unpaired) electrons. The summed E-state index contributed by atoms with van der Waals surface area (Å²) >= 11 is 3.39. The number of halogens is 1. The average Bonchev–Trinajstić information content (AvgIpc) is 2.16. The van der Waals surface area contributed by atoms with Crippen LogP contribution in [0.15, 0.2) is 40.9 Å². The second-order valence-electron chi connectivity index (χ2n) is 3.22. The van der Waals surface area contributed by atoms with Gasteiger partial charge in [-0.25, -0.2) is 0 Å². The van der Waals surface area contributed by atoms with Gasteiger partial charge in [-0.15, -0.1) is 0 Å². The van der Waals surface area contributed by atoms with Gasteiger partial charge in [0.1, 0.15) is 0 Å². The number of hydrogen-bond acceptors (Lipinski definition) is 1. The summed E-state index contributed by atoms with van der Waals surface area (Å²) in [4.78, 5) is 4.23. The average molecular weight is 258 g/mol. The molecule has 2 heteroatoms. The largest absolute Gasteiger partial charge is 0.252 e. The second kappa shape index (κ2) is 4.15. The monoisotopic (exact) mass is 257 g/mol. The highest BCUT2D eigenvalue weighted by atomic mass is 79.9. The first kappa shape index (κ1) is 10.4. The Morgan fingerprint density at radius 2 is 1.87 bits per heavy atom. The third-order valence-corrected chi connectivity index (χ3v) is 2.44. The minimum atomic E-state index is 0.506. The van der Waals surface area contributed by atoms with E-state index in [1.54, 1.807) is 6.07 Å². The molecule has 0 aliphatic rings. The Kier molecular flexibility index (Phi) is 2.87. The van der Waals surface area contributed by atoms with Crippen molar-refractivity contribution in [2.45, 2.75) is 0 Å². The molecular formula is C13H8BrN. The Labute approximate surface area is 98.3 Å². The lowest BCUT2D eigenvalue weighted by Crippen LogP contribution is -1.87. The van der Waals surface area contributed by atoms with Gasteiger partial charge in [-0.3, -0.25) is 4.98 Å². The summed E-state index contributed by atoms with van der Waals surface area (Å²) in [5.74, 6) is 0. The maximum absolute atomic E-state index is 5.75. The Hall–Kier alpha value is -1.15. The van der Waals surface area contributed by atoms with Crippen LogP contribution in [0.25, 0.3) is 11.3 Å². The van der Waals surface area contributed by atoms with E-state index in [1.807, 2.05) is 30.3 Å². The van der Waals surface area contributed by atoms with Crippen molar-refractivity contribution in [2.24, 2.45) is 0 Å². The fraction of sp³-hybridized carbons (Fsp3) is 0. The Morgan fingerprint density at radius 3 is 2.53 bits per heavy atom. The van der Waals surface area contributed by atoms with Crippen LogP contribution in [0.2, 0.25) is 0 Å². The van der Waals surface area contributed by atoms with Crippen molar-refractivity contribution in [1.82, 2.24) is 4.98 Å². The zero-order valence-electron chi connectivity index (χ0n) is 7.94. The molecule has 0 atom stereocenters. The lowest BCUT2D eigenvalue weighted by Gasteiger charge is -2.04. The number of nitrogens with zero attached hydrogens (tertiary/aromatic N) is 1. The van der Waals surface area contributed by atoms with E-state index in [2.05, 4.69) is 20.9 Å².